The van der Waals surface area contributed by atoms with Crippen molar-refractivity contribution in [1.82, 2.24) is 5.32 Å². The van der Waals surface area contributed by atoms with E-state index < -0.39 is 17.5 Å². The number of nitriles is 1. The van der Waals surface area contributed by atoms with Gasteiger partial charge in [-0.2, -0.15) is 5.26 Å². The number of hydrogen-bond acceptors (Lipinski definition) is 2. The second kappa shape index (κ2) is 5.21. The van der Waals surface area contributed by atoms with Gasteiger partial charge < -0.3 is 5.32 Å². The lowest BCUT2D eigenvalue weighted by Crippen LogP contribution is -2.28. The molecule has 16 heavy (non-hydrogen) atoms. The fraction of sp³-hybridized carbons (Fsp3) is 0.273. The van der Waals surface area contributed by atoms with Crippen molar-refractivity contribution in [2.45, 2.75) is 6.92 Å². The van der Waals surface area contributed by atoms with E-state index in [4.69, 9.17) is 5.26 Å². The number of amides is 1. The van der Waals surface area contributed by atoms with E-state index in [9.17, 15) is 13.6 Å². The van der Waals surface area contributed by atoms with Gasteiger partial charge in [-0.05, 0) is 19.1 Å². The molecule has 1 rings (SSSR count). The molecule has 0 aliphatic carbocycles. The molecule has 0 radical (unpaired) electrons. The Kier molecular flexibility index (Phi) is 3.95. The smallest absolute Gasteiger partial charge is 0.254 e. The molecule has 0 saturated carbocycles. The van der Waals surface area contributed by atoms with Gasteiger partial charge in [-0.3, -0.25) is 4.79 Å². The van der Waals surface area contributed by atoms with Crippen molar-refractivity contribution in [3.63, 3.8) is 0 Å². The highest BCUT2D eigenvalue weighted by Gasteiger charge is 2.15. The molecule has 84 valence electrons. The molecule has 0 fully saturated rings. The molecule has 1 amide bonds. The van der Waals surface area contributed by atoms with Gasteiger partial charge in [-0.15, -0.1) is 0 Å². The summed E-state index contributed by atoms with van der Waals surface area (Å²) in [6, 6.07) is 5.29. The molecule has 1 N–H and O–H groups in total. The van der Waals surface area contributed by atoms with Gasteiger partial charge in [-0.1, -0.05) is 6.07 Å². The minimum absolute atomic E-state index is 0.102. The number of carbonyl (C=O) groups excluding carboxylic acids is 1. The SMILES string of the molecule is CC(C#N)CNC(=O)c1cccc(F)c1F. The molecule has 5 heteroatoms. The topological polar surface area (TPSA) is 52.9 Å². The summed E-state index contributed by atoms with van der Waals surface area (Å²) in [6.45, 7) is 1.72. The summed E-state index contributed by atoms with van der Waals surface area (Å²) in [5, 5.41) is 10.8. The predicted octanol–water partition coefficient (Wildman–Crippen LogP) is 1.85. The molecule has 0 spiro atoms. The van der Waals surface area contributed by atoms with Gasteiger partial charge >= 0.3 is 0 Å². The Bertz CT molecular complexity index is 440. The maximum absolute atomic E-state index is 13.2. The normalized spacial score (nSPS) is 11.6. The van der Waals surface area contributed by atoms with Gasteiger partial charge in [0.05, 0.1) is 17.6 Å². The van der Waals surface area contributed by atoms with Crippen LogP contribution in [0.5, 0.6) is 0 Å². The zero-order valence-corrected chi connectivity index (χ0v) is 8.63. The summed E-state index contributed by atoms with van der Waals surface area (Å²) in [5.74, 6) is -3.34. The van der Waals surface area contributed by atoms with Crippen molar-refractivity contribution in [3.8, 4) is 6.07 Å². The third-order valence-electron chi connectivity index (χ3n) is 1.99. The molecule has 0 bridgehead atoms. The van der Waals surface area contributed by atoms with Crippen LogP contribution in [-0.4, -0.2) is 12.5 Å². The maximum atomic E-state index is 13.2. The molecule has 0 aliphatic rings. The maximum Gasteiger partial charge on any atom is 0.254 e. The largest absolute Gasteiger partial charge is 0.351 e. The zero-order valence-electron chi connectivity index (χ0n) is 8.63. The number of hydrogen-bond donors (Lipinski definition) is 1. The molecule has 0 aliphatic heterocycles. The van der Waals surface area contributed by atoms with Crippen LogP contribution in [0.4, 0.5) is 8.78 Å². The van der Waals surface area contributed by atoms with Gasteiger partial charge in [0.1, 0.15) is 0 Å². The highest BCUT2D eigenvalue weighted by molar-refractivity contribution is 5.94. The van der Waals surface area contributed by atoms with Crippen LogP contribution >= 0.6 is 0 Å². The first-order valence-corrected chi connectivity index (χ1v) is 4.68. The Morgan fingerprint density at radius 1 is 1.56 bits per heavy atom. The highest BCUT2D eigenvalue weighted by atomic mass is 19.2. The van der Waals surface area contributed by atoms with Gasteiger partial charge in [0.25, 0.3) is 5.91 Å². The van der Waals surface area contributed by atoms with Crippen LogP contribution in [0.25, 0.3) is 0 Å². The molecule has 1 aromatic rings. The van der Waals surface area contributed by atoms with Crippen LogP contribution in [-0.2, 0) is 0 Å². The molecule has 0 aromatic heterocycles. The minimum Gasteiger partial charge on any atom is -0.351 e. The number of nitrogens with zero attached hydrogens (tertiary/aromatic N) is 1. The van der Waals surface area contributed by atoms with E-state index in [-0.39, 0.29) is 18.0 Å². The summed E-state index contributed by atoms with van der Waals surface area (Å²) < 4.78 is 26.0. The minimum atomic E-state index is -1.18. The van der Waals surface area contributed by atoms with Crippen LogP contribution in [0.15, 0.2) is 18.2 Å². The van der Waals surface area contributed by atoms with E-state index in [1.807, 2.05) is 6.07 Å². The Morgan fingerprint density at radius 2 is 2.25 bits per heavy atom. The first-order chi connectivity index (χ1) is 7.56. The average molecular weight is 224 g/mol. The van der Waals surface area contributed by atoms with Crippen molar-refractivity contribution in [3.05, 3.63) is 35.4 Å². The van der Waals surface area contributed by atoms with E-state index in [1.165, 1.54) is 12.1 Å². The number of nitrogens with one attached hydrogen (secondary N) is 1. The zero-order chi connectivity index (χ0) is 12.1. The number of halogens is 2. The molecule has 3 nitrogen and oxygen atoms in total. The molecule has 1 unspecified atom stereocenters. The lowest BCUT2D eigenvalue weighted by atomic mass is 10.1. The van der Waals surface area contributed by atoms with Gasteiger partial charge in [0, 0.05) is 6.54 Å². The molecule has 1 aromatic carbocycles. The van der Waals surface area contributed by atoms with Gasteiger partial charge in [0.15, 0.2) is 11.6 Å². The first-order valence-electron chi connectivity index (χ1n) is 4.68. The van der Waals surface area contributed by atoms with Crippen molar-refractivity contribution in [1.29, 1.82) is 5.26 Å². The second-order valence-corrected chi connectivity index (χ2v) is 3.34. The fourth-order valence-electron chi connectivity index (χ4n) is 1.07. The van der Waals surface area contributed by atoms with Crippen LogP contribution in [0, 0.1) is 28.9 Å². The van der Waals surface area contributed by atoms with E-state index in [0.717, 1.165) is 6.07 Å². The van der Waals surface area contributed by atoms with Crippen molar-refractivity contribution in [2.75, 3.05) is 6.54 Å². The number of rotatable bonds is 3. The van der Waals surface area contributed by atoms with E-state index in [0.29, 0.717) is 0 Å². The number of benzene rings is 1. The van der Waals surface area contributed by atoms with Crippen LogP contribution in [0.1, 0.15) is 17.3 Å². The summed E-state index contributed by atoms with van der Waals surface area (Å²) in [7, 11) is 0. The lowest BCUT2D eigenvalue weighted by Gasteiger charge is -2.07. The Morgan fingerprint density at radius 3 is 2.88 bits per heavy atom. The Balaban J connectivity index is 2.75. The predicted molar refractivity (Wildman–Crippen MR) is 53.5 cm³/mol. The molecular formula is C11H10F2N2O. The van der Waals surface area contributed by atoms with Crippen LogP contribution in [0.2, 0.25) is 0 Å². The van der Waals surface area contributed by atoms with Crippen molar-refractivity contribution < 1.29 is 13.6 Å². The van der Waals surface area contributed by atoms with Crippen LogP contribution in [0.3, 0.4) is 0 Å². The molecule has 1 atom stereocenters. The second-order valence-electron chi connectivity index (χ2n) is 3.34. The highest BCUT2D eigenvalue weighted by Crippen LogP contribution is 2.11. The number of carbonyl (C=O) groups is 1. The third-order valence-corrected chi connectivity index (χ3v) is 1.99. The van der Waals surface area contributed by atoms with E-state index in [1.54, 1.807) is 6.92 Å². The van der Waals surface area contributed by atoms with E-state index >= 15 is 0 Å². The quantitative estimate of drug-likeness (QED) is 0.851. The molecular weight excluding hydrogens is 214 g/mol. The third kappa shape index (κ3) is 2.76. The standard InChI is InChI=1S/C11H10F2N2O/c1-7(5-14)6-15-11(16)8-3-2-4-9(12)10(8)13/h2-4,7H,6H2,1H3,(H,15,16). The van der Waals surface area contributed by atoms with Crippen LogP contribution < -0.4 is 5.32 Å². The fourth-order valence-corrected chi connectivity index (χ4v) is 1.07. The monoisotopic (exact) mass is 224 g/mol. The van der Waals surface area contributed by atoms with Crippen molar-refractivity contribution in [2.24, 2.45) is 5.92 Å². The summed E-state index contributed by atoms with van der Waals surface area (Å²) in [5.41, 5.74) is -0.356. The lowest BCUT2D eigenvalue weighted by molar-refractivity contribution is 0.0945. The van der Waals surface area contributed by atoms with E-state index in [2.05, 4.69) is 5.32 Å². The first kappa shape index (κ1) is 12.1. The summed E-state index contributed by atoms with van der Waals surface area (Å²) in [6.07, 6.45) is 0. The van der Waals surface area contributed by atoms with Gasteiger partial charge in [-0.25, -0.2) is 8.78 Å². The summed E-state index contributed by atoms with van der Waals surface area (Å²) >= 11 is 0. The summed E-state index contributed by atoms with van der Waals surface area (Å²) in [4.78, 5) is 11.4. The molecule has 0 saturated heterocycles. The van der Waals surface area contributed by atoms with Crippen molar-refractivity contribution >= 4 is 5.91 Å². The Hall–Kier alpha value is -1.96. The Labute approximate surface area is 91.7 Å². The molecule has 0 heterocycles. The average Bonchev–Trinajstić information content (AvgIpc) is 2.29. The van der Waals surface area contributed by atoms with Gasteiger partial charge in [0.2, 0.25) is 0 Å².